The van der Waals surface area contributed by atoms with Crippen LogP contribution >= 0.6 is 0 Å². The third kappa shape index (κ3) is 2.93. The fourth-order valence-electron chi connectivity index (χ4n) is 2.53. The van der Waals surface area contributed by atoms with Gasteiger partial charge in [-0.05, 0) is 19.3 Å². The number of carbonyl (C=O) groups excluding carboxylic acids is 1. The van der Waals surface area contributed by atoms with Gasteiger partial charge < -0.3 is 20.1 Å². The Balaban J connectivity index is 2.72. The van der Waals surface area contributed by atoms with E-state index in [4.69, 9.17) is 4.74 Å². The predicted molar refractivity (Wildman–Crippen MR) is 66.5 cm³/mol. The van der Waals surface area contributed by atoms with E-state index < -0.39 is 11.5 Å². The third-order valence-corrected chi connectivity index (χ3v) is 3.38. The van der Waals surface area contributed by atoms with E-state index in [1.54, 1.807) is 7.11 Å². The van der Waals surface area contributed by atoms with Crippen LogP contribution in [0.4, 0.5) is 4.79 Å². The van der Waals surface area contributed by atoms with Crippen LogP contribution in [-0.2, 0) is 9.53 Å². The standard InChI is InChI=1S/C12H22N2O4/c1-3-5-12(10(15)16)6-4-8-14(12)11(17)13-7-9-18-2/h3-9H2,1-2H3,(H,13,17)(H,15,16). The second-order valence-electron chi connectivity index (χ2n) is 4.57. The maximum atomic E-state index is 12.0. The summed E-state index contributed by atoms with van der Waals surface area (Å²) in [6.07, 6.45) is 2.52. The first kappa shape index (κ1) is 14.8. The van der Waals surface area contributed by atoms with Crippen molar-refractivity contribution in [3.05, 3.63) is 0 Å². The molecule has 104 valence electrons. The van der Waals surface area contributed by atoms with Crippen LogP contribution in [0.25, 0.3) is 0 Å². The van der Waals surface area contributed by atoms with Crippen LogP contribution in [0.3, 0.4) is 0 Å². The molecule has 0 spiro atoms. The minimum atomic E-state index is -1.02. The van der Waals surface area contributed by atoms with Crippen LogP contribution in [0.1, 0.15) is 32.6 Å². The zero-order chi connectivity index (χ0) is 13.6. The molecule has 1 heterocycles. The lowest BCUT2D eigenvalue weighted by Crippen LogP contribution is -2.56. The summed E-state index contributed by atoms with van der Waals surface area (Å²) in [5.74, 6) is -0.899. The molecule has 1 atom stereocenters. The molecule has 1 unspecified atom stereocenters. The molecule has 1 rings (SSSR count). The zero-order valence-corrected chi connectivity index (χ0v) is 11.1. The van der Waals surface area contributed by atoms with Gasteiger partial charge in [-0.15, -0.1) is 0 Å². The highest BCUT2D eigenvalue weighted by atomic mass is 16.5. The number of nitrogens with one attached hydrogen (secondary N) is 1. The van der Waals surface area contributed by atoms with Crippen LogP contribution in [0.15, 0.2) is 0 Å². The summed E-state index contributed by atoms with van der Waals surface area (Å²) >= 11 is 0. The number of aliphatic carboxylic acids is 1. The fourth-order valence-corrected chi connectivity index (χ4v) is 2.53. The molecule has 0 bridgehead atoms. The van der Waals surface area contributed by atoms with E-state index in [0.29, 0.717) is 32.5 Å². The first-order valence-corrected chi connectivity index (χ1v) is 6.36. The number of methoxy groups -OCH3 is 1. The Kier molecular flexibility index (Phi) is 5.40. The van der Waals surface area contributed by atoms with Gasteiger partial charge in [0.2, 0.25) is 0 Å². The number of carboxylic acid groups (broad SMARTS) is 1. The predicted octanol–water partition coefficient (Wildman–Crippen LogP) is 1.06. The van der Waals surface area contributed by atoms with Crippen molar-refractivity contribution in [1.29, 1.82) is 0 Å². The largest absolute Gasteiger partial charge is 0.479 e. The van der Waals surface area contributed by atoms with Crippen molar-refractivity contribution in [3.63, 3.8) is 0 Å². The highest BCUT2D eigenvalue weighted by Crippen LogP contribution is 2.33. The molecule has 6 nitrogen and oxygen atoms in total. The van der Waals surface area contributed by atoms with Crippen molar-refractivity contribution in [3.8, 4) is 0 Å². The quantitative estimate of drug-likeness (QED) is 0.698. The number of carbonyl (C=O) groups is 2. The maximum Gasteiger partial charge on any atom is 0.329 e. The van der Waals surface area contributed by atoms with Gasteiger partial charge in [0.1, 0.15) is 5.54 Å². The average molecular weight is 258 g/mol. The molecule has 0 aliphatic carbocycles. The maximum absolute atomic E-state index is 12.0. The Bertz CT molecular complexity index is 308. The van der Waals surface area contributed by atoms with Gasteiger partial charge in [0, 0.05) is 20.2 Å². The Labute approximate surface area is 107 Å². The topological polar surface area (TPSA) is 78.9 Å². The van der Waals surface area contributed by atoms with Gasteiger partial charge in [0.05, 0.1) is 6.61 Å². The van der Waals surface area contributed by atoms with E-state index in [1.165, 1.54) is 4.90 Å². The van der Waals surface area contributed by atoms with Gasteiger partial charge in [-0.1, -0.05) is 13.3 Å². The highest BCUT2D eigenvalue weighted by Gasteiger charge is 2.49. The lowest BCUT2D eigenvalue weighted by Gasteiger charge is -2.34. The van der Waals surface area contributed by atoms with Crippen LogP contribution in [0.2, 0.25) is 0 Å². The summed E-state index contributed by atoms with van der Waals surface area (Å²) in [5.41, 5.74) is -1.02. The SMILES string of the molecule is CCCC1(C(=O)O)CCCN1C(=O)NCCOC. The lowest BCUT2D eigenvalue weighted by molar-refractivity contribution is -0.148. The van der Waals surface area contributed by atoms with Gasteiger partial charge in [0.15, 0.2) is 0 Å². The normalized spacial score (nSPS) is 23.1. The smallest absolute Gasteiger partial charge is 0.329 e. The molecular weight excluding hydrogens is 236 g/mol. The van der Waals surface area contributed by atoms with Crippen molar-refractivity contribution in [1.82, 2.24) is 10.2 Å². The first-order valence-electron chi connectivity index (χ1n) is 6.36. The van der Waals surface area contributed by atoms with Gasteiger partial charge >= 0.3 is 12.0 Å². The molecule has 1 saturated heterocycles. The Hall–Kier alpha value is -1.30. The molecule has 0 radical (unpaired) electrons. The van der Waals surface area contributed by atoms with Crippen LogP contribution in [-0.4, -0.2) is 54.4 Å². The van der Waals surface area contributed by atoms with Crippen molar-refractivity contribution < 1.29 is 19.4 Å². The minimum Gasteiger partial charge on any atom is -0.479 e. The number of carboxylic acids is 1. The molecule has 1 aliphatic rings. The van der Waals surface area contributed by atoms with E-state index in [1.807, 2.05) is 6.92 Å². The van der Waals surface area contributed by atoms with Gasteiger partial charge in [-0.25, -0.2) is 9.59 Å². The Morgan fingerprint density at radius 2 is 2.22 bits per heavy atom. The van der Waals surface area contributed by atoms with Crippen LogP contribution < -0.4 is 5.32 Å². The molecule has 18 heavy (non-hydrogen) atoms. The van der Waals surface area contributed by atoms with E-state index in [9.17, 15) is 14.7 Å². The summed E-state index contributed by atoms with van der Waals surface area (Å²) in [6, 6.07) is -0.305. The summed E-state index contributed by atoms with van der Waals surface area (Å²) in [7, 11) is 1.56. The first-order chi connectivity index (χ1) is 8.58. The summed E-state index contributed by atoms with van der Waals surface area (Å²) in [4.78, 5) is 25.0. The molecule has 2 amide bonds. The minimum absolute atomic E-state index is 0.305. The molecule has 0 aromatic carbocycles. The molecule has 1 aliphatic heterocycles. The summed E-state index contributed by atoms with van der Waals surface area (Å²) < 4.78 is 4.85. The molecule has 6 heteroatoms. The fraction of sp³-hybridized carbons (Fsp3) is 0.833. The van der Waals surface area contributed by atoms with Crippen molar-refractivity contribution in [2.45, 2.75) is 38.1 Å². The van der Waals surface area contributed by atoms with Gasteiger partial charge in [0.25, 0.3) is 0 Å². The second kappa shape index (κ2) is 6.58. The number of rotatable bonds is 6. The number of hydrogen-bond donors (Lipinski definition) is 2. The molecule has 0 saturated carbocycles. The Morgan fingerprint density at radius 3 is 2.78 bits per heavy atom. The number of hydrogen-bond acceptors (Lipinski definition) is 3. The van der Waals surface area contributed by atoms with Gasteiger partial charge in [-0.2, -0.15) is 0 Å². The van der Waals surface area contributed by atoms with Crippen molar-refractivity contribution >= 4 is 12.0 Å². The molecule has 0 aromatic rings. The lowest BCUT2D eigenvalue weighted by atomic mass is 9.91. The van der Waals surface area contributed by atoms with Gasteiger partial charge in [-0.3, -0.25) is 0 Å². The average Bonchev–Trinajstić information content (AvgIpc) is 2.75. The van der Waals surface area contributed by atoms with E-state index >= 15 is 0 Å². The third-order valence-electron chi connectivity index (χ3n) is 3.38. The van der Waals surface area contributed by atoms with Crippen molar-refractivity contribution in [2.24, 2.45) is 0 Å². The van der Waals surface area contributed by atoms with Crippen molar-refractivity contribution in [2.75, 3.05) is 26.8 Å². The summed E-state index contributed by atoms with van der Waals surface area (Å²) in [5, 5.41) is 12.1. The molecular formula is C12H22N2O4. The monoisotopic (exact) mass is 258 g/mol. The second-order valence-corrected chi connectivity index (χ2v) is 4.57. The Morgan fingerprint density at radius 1 is 1.50 bits per heavy atom. The number of ether oxygens (including phenoxy) is 1. The van der Waals surface area contributed by atoms with Crippen LogP contribution in [0.5, 0.6) is 0 Å². The van der Waals surface area contributed by atoms with E-state index in [0.717, 1.165) is 12.8 Å². The zero-order valence-electron chi connectivity index (χ0n) is 11.1. The molecule has 2 N–H and O–H groups in total. The number of nitrogens with zero attached hydrogens (tertiary/aromatic N) is 1. The molecule has 0 aromatic heterocycles. The van der Waals surface area contributed by atoms with E-state index in [-0.39, 0.29) is 6.03 Å². The highest BCUT2D eigenvalue weighted by molar-refractivity contribution is 5.87. The number of likely N-dealkylation sites (tertiary alicyclic amines) is 1. The van der Waals surface area contributed by atoms with E-state index in [2.05, 4.69) is 5.32 Å². The van der Waals surface area contributed by atoms with Crippen LogP contribution in [0, 0.1) is 0 Å². The number of amides is 2. The molecule has 1 fully saturated rings. The number of urea groups is 1. The summed E-state index contributed by atoms with van der Waals surface area (Å²) in [6.45, 7) is 3.26.